The highest BCUT2D eigenvalue weighted by molar-refractivity contribution is 7.80. The zero-order chi connectivity index (χ0) is 13.0. The number of para-hydroxylation sites is 2. The lowest BCUT2D eigenvalue weighted by Crippen LogP contribution is -2.42. The van der Waals surface area contributed by atoms with Gasteiger partial charge in [-0.2, -0.15) is 12.6 Å². The molecule has 98 valence electrons. The van der Waals surface area contributed by atoms with Gasteiger partial charge in [-0.15, -0.1) is 0 Å². The second-order valence-corrected chi connectivity index (χ2v) is 4.96. The van der Waals surface area contributed by atoms with E-state index in [2.05, 4.69) is 19.6 Å². The van der Waals surface area contributed by atoms with Crippen LogP contribution in [0.5, 0.6) is 5.75 Å². The van der Waals surface area contributed by atoms with E-state index in [0.717, 1.165) is 36.6 Å². The third-order valence-corrected chi connectivity index (χ3v) is 3.72. The van der Waals surface area contributed by atoms with Gasteiger partial charge in [0, 0.05) is 6.54 Å². The largest absolute Gasteiger partial charge is 0.482 e. The fourth-order valence-corrected chi connectivity index (χ4v) is 2.56. The van der Waals surface area contributed by atoms with Gasteiger partial charge in [0.25, 0.3) is 5.91 Å². The molecule has 4 heteroatoms. The molecule has 18 heavy (non-hydrogen) atoms. The standard InChI is InChI=1S/C14H19NO2S/c1-2-5-11(10-18)8-15-12-6-3-4-7-13(12)17-9-14(15)16/h3-4,6-7,11,18H,2,5,8-10H2,1H3. The van der Waals surface area contributed by atoms with Crippen molar-refractivity contribution in [2.45, 2.75) is 19.8 Å². The molecule has 2 rings (SSSR count). The SMILES string of the molecule is CCCC(CS)CN1C(=O)COc2ccccc21. The third-order valence-electron chi connectivity index (χ3n) is 3.20. The van der Waals surface area contributed by atoms with E-state index in [0.29, 0.717) is 5.92 Å². The predicted molar refractivity (Wildman–Crippen MR) is 76.5 cm³/mol. The van der Waals surface area contributed by atoms with E-state index >= 15 is 0 Å². The highest BCUT2D eigenvalue weighted by atomic mass is 32.1. The minimum absolute atomic E-state index is 0.0385. The minimum atomic E-state index is 0.0385. The van der Waals surface area contributed by atoms with Gasteiger partial charge in [-0.25, -0.2) is 0 Å². The molecule has 3 nitrogen and oxygen atoms in total. The summed E-state index contributed by atoms with van der Waals surface area (Å²) in [6, 6.07) is 7.70. The molecule has 0 saturated heterocycles. The number of anilines is 1. The van der Waals surface area contributed by atoms with Gasteiger partial charge in [-0.1, -0.05) is 25.5 Å². The number of benzene rings is 1. The van der Waals surface area contributed by atoms with Crippen LogP contribution in [0.15, 0.2) is 24.3 Å². The summed E-state index contributed by atoms with van der Waals surface area (Å²) in [7, 11) is 0. The zero-order valence-corrected chi connectivity index (χ0v) is 11.5. The van der Waals surface area contributed by atoms with Crippen molar-refractivity contribution in [1.82, 2.24) is 0 Å². The van der Waals surface area contributed by atoms with Crippen molar-refractivity contribution in [2.75, 3.05) is 23.8 Å². The molecule has 1 aliphatic heterocycles. The van der Waals surface area contributed by atoms with Gasteiger partial charge in [0.1, 0.15) is 5.75 Å². The molecule has 0 aromatic heterocycles. The van der Waals surface area contributed by atoms with E-state index in [4.69, 9.17) is 4.74 Å². The first kappa shape index (κ1) is 13.3. The van der Waals surface area contributed by atoms with Gasteiger partial charge in [0.2, 0.25) is 0 Å². The van der Waals surface area contributed by atoms with Crippen molar-refractivity contribution in [3.63, 3.8) is 0 Å². The van der Waals surface area contributed by atoms with E-state index in [1.807, 2.05) is 29.2 Å². The first-order chi connectivity index (χ1) is 8.76. The Morgan fingerprint density at radius 3 is 2.94 bits per heavy atom. The number of amides is 1. The van der Waals surface area contributed by atoms with Crippen LogP contribution in [-0.4, -0.2) is 24.8 Å². The number of nitrogens with zero attached hydrogens (tertiary/aromatic N) is 1. The number of ether oxygens (including phenoxy) is 1. The Balaban J connectivity index is 2.18. The lowest BCUT2D eigenvalue weighted by molar-refractivity contribution is -0.121. The van der Waals surface area contributed by atoms with Crippen molar-refractivity contribution < 1.29 is 9.53 Å². The van der Waals surface area contributed by atoms with Gasteiger partial charge >= 0.3 is 0 Å². The van der Waals surface area contributed by atoms with Crippen LogP contribution in [0.1, 0.15) is 19.8 Å². The topological polar surface area (TPSA) is 29.5 Å². The van der Waals surface area contributed by atoms with Gasteiger partial charge in [0.15, 0.2) is 6.61 Å². The molecule has 0 spiro atoms. The Bertz CT molecular complexity index is 422. The first-order valence-corrected chi connectivity index (χ1v) is 7.02. The molecule has 0 aliphatic carbocycles. The average Bonchev–Trinajstić information content (AvgIpc) is 2.41. The summed E-state index contributed by atoms with van der Waals surface area (Å²) in [4.78, 5) is 13.8. The molecule has 0 N–H and O–H groups in total. The molecule has 1 heterocycles. The number of fused-ring (bicyclic) bond motifs is 1. The summed E-state index contributed by atoms with van der Waals surface area (Å²) in [5.41, 5.74) is 0.886. The van der Waals surface area contributed by atoms with Crippen LogP contribution in [0, 0.1) is 5.92 Å². The van der Waals surface area contributed by atoms with Crippen LogP contribution >= 0.6 is 12.6 Å². The number of rotatable bonds is 5. The van der Waals surface area contributed by atoms with Crippen LogP contribution in [0.3, 0.4) is 0 Å². The van der Waals surface area contributed by atoms with E-state index in [9.17, 15) is 4.79 Å². The molecule has 1 unspecified atom stereocenters. The molecular weight excluding hydrogens is 246 g/mol. The van der Waals surface area contributed by atoms with Crippen molar-refractivity contribution in [1.29, 1.82) is 0 Å². The highest BCUT2D eigenvalue weighted by Gasteiger charge is 2.26. The number of carbonyl (C=O) groups is 1. The second-order valence-electron chi connectivity index (χ2n) is 4.60. The van der Waals surface area contributed by atoms with E-state index in [-0.39, 0.29) is 12.5 Å². The van der Waals surface area contributed by atoms with E-state index in [1.54, 1.807) is 0 Å². The molecule has 1 amide bonds. The van der Waals surface area contributed by atoms with E-state index in [1.165, 1.54) is 0 Å². The van der Waals surface area contributed by atoms with Crippen molar-refractivity contribution in [3.8, 4) is 5.75 Å². The Labute approximate surface area is 114 Å². The van der Waals surface area contributed by atoms with Crippen LogP contribution < -0.4 is 9.64 Å². The lowest BCUT2D eigenvalue weighted by atomic mass is 10.0. The normalized spacial score (nSPS) is 16.1. The average molecular weight is 265 g/mol. The minimum Gasteiger partial charge on any atom is -0.482 e. The molecule has 0 fully saturated rings. The lowest BCUT2D eigenvalue weighted by Gasteiger charge is -2.31. The van der Waals surface area contributed by atoms with Crippen LogP contribution in [0.2, 0.25) is 0 Å². The molecule has 1 aromatic rings. The van der Waals surface area contributed by atoms with Gasteiger partial charge in [-0.05, 0) is 30.2 Å². The molecule has 0 radical (unpaired) electrons. The summed E-state index contributed by atoms with van der Waals surface area (Å²) in [6.07, 6.45) is 2.21. The molecule has 0 saturated carbocycles. The maximum atomic E-state index is 12.0. The highest BCUT2D eigenvalue weighted by Crippen LogP contribution is 2.32. The van der Waals surface area contributed by atoms with Crippen LogP contribution in [0.25, 0.3) is 0 Å². The number of hydrogen-bond acceptors (Lipinski definition) is 3. The van der Waals surface area contributed by atoms with E-state index < -0.39 is 0 Å². The molecular formula is C14H19NO2S. The Morgan fingerprint density at radius 2 is 2.22 bits per heavy atom. The smallest absolute Gasteiger partial charge is 0.265 e. The summed E-state index contributed by atoms with van der Waals surface area (Å²) in [6.45, 7) is 3.03. The monoisotopic (exact) mass is 265 g/mol. The van der Waals surface area contributed by atoms with Crippen LogP contribution in [0.4, 0.5) is 5.69 Å². The molecule has 0 bridgehead atoms. The summed E-state index contributed by atoms with van der Waals surface area (Å²) < 4.78 is 5.43. The number of thiol groups is 1. The van der Waals surface area contributed by atoms with Gasteiger partial charge < -0.3 is 9.64 Å². The molecule has 1 aromatic carbocycles. The summed E-state index contributed by atoms with van der Waals surface area (Å²) in [5, 5.41) is 0. The summed E-state index contributed by atoms with van der Waals surface area (Å²) >= 11 is 4.38. The zero-order valence-electron chi connectivity index (χ0n) is 10.6. The predicted octanol–water partition coefficient (Wildman–Crippen LogP) is 2.76. The Hall–Kier alpha value is -1.16. The summed E-state index contributed by atoms with van der Waals surface area (Å²) in [5.74, 6) is 2.08. The quantitative estimate of drug-likeness (QED) is 0.830. The van der Waals surface area contributed by atoms with Crippen molar-refractivity contribution in [3.05, 3.63) is 24.3 Å². The van der Waals surface area contributed by atoms with Gasteiger partial charge in [-0.3, -0.25) is 4.79 Å². The second kappa shape index (κ2) is 6.14. The van der Waals surface area contributed by atoms with Gasteiger partial charge in [0.05, 0.1) is 5.69 Å². The van der Waals surface area contributed by atoms with Crippen molar-refractivity contribution >= 4 is 24.2 Å². The maximum absolute atomic E-state index is 12.0. The third kappa shape index (κ3) is 2.80. The number of hydrogen-bond donors (Lipinski definition) is 1. The fraction of sp³-hybridized carbons (Fsp3) is 0.500. The molecule has 1 aliphatic rings. The number of carbonyl (C=O) groups excluding carboxylic acids is 1. The first-order valence-electron chi connectivity index (χ1n) is 6.39. The molecule has 1 atom stereocenters. The van der Waals surface area contributed by atoms with Crippen LogP contribution in [-0.2, 0) is 4.79 Å². The van der Waals surface area contributed by atoms with Crippen molar-refractivity contribution in [2.24, 2.45) is 5.92 Å². The fourth-order valence-electron chi connectivity index (χ4n) is 2.26. The Kier molecular flexibility index (Phi) is 4.53. The maximum Gasteiger partial charge on any atom is 0.265 e. The Morgan fingerprint density at radius 1 is 1.44 bits per heavy atom.